The summed E-state index contributed by atoms with van der Waals surface area (Å²) in [5, 5.41) is 4.29. The highest BCUT2D eigenvalue weighted by molar-refractivity contribution is 7.11. The van der Waals surface area contributed by atoms with Crippen LogP contribution in [0.1, 0.15) is 28.5 Å². The number of halogens is 1. The Bertz CT molecular complexity index is 507. The summed E-state index contributed by atoms with van der Waals surface area (Å²) in [6.07, 6.45) is 1.21. The number of nitrogens with zero attached hydrogens (tertiary/aromatic N) is 2. The second kappa shape index (κ2) is 4.79. The maximum absolute atomic E-state index is 12.7. The van der Waals surface area contributed by atoms with Crippen molar-refractivity contribution in [2.75, 3.05) is 5.32 Å². The lowest BCUT2D eigenvalue weighted by molar-refractivity contribution is 0.621. The molecule has 0 aliphatic carbocycles. The fourth-order valence-electron chi connectivity index (χ4n) is 1.70. The van der Waals surface area contributed by atoms with Gasteiger partial charge in [0.1, 0.15) is 11.6 Å². The molecular weight excluding hydrogens is 237 g/mol. The van der Waals surface area contributed by atoms with E-state index in [1.54, 1.807) is 17.4 Å². The standard InChI is InChI=1S/C12H14FN3S/c1-7-12(17-9(3)15-7)8(2)16-11-5-4-10(13)6-14-11/h4-6,8H,1-3H3,(H,14,16). The summed E-state index contributed by atoms with van der Waals surface area (Å²) in [5.41, 5.74) is 1.04. The molecule has 90 valence electrons. The minimum Gasteiger partial charge on any atom is -0.363 e. The summed E-state index contributed by atoms with van der Waals surface area (Å²) in [4.78, 5) is 9.55. The van der Waals surface area contributed by atoms with Crippen LogP contribution in [0.2, 0.25) is 0 Å². The van der Waals surface area contributed by atoms with Crippen molar-refractivity contribution in [3.63, 3.8) is 0 Å². The molecule has 2 aromatic rings. The molecule has 0 saturated heterocycles. The Morgan fingerprint density at radius 3 is 2.65 bits per heavy atom. The van der Waals surface area contributed by atoms with Crippen LogP contribution < -0.4 is 5.32 Å². The van der Waals surface area contributed by atoms with Gasteiger partial charge in [0.15, 0.2) is 0 Å². The van der Waals surface area contributed by atoms with Gasteiger partial charge in [-0.05, 0) is 32.9 Å². The molecule has 2 heterocycles. The van der Waals surface area contributed by atoms with E-state index in [0.29, 0.717) is 5.82 Å². The van der Waals surface area contributed by atoms with Crippen LogP contribution in [0, 0.1) is 19.7 Å². The normalized spacial score (nSPS) is 12.5. The maximum Gasteiger partial charge on any atom is 0.141 e. The fraction of sp³-hybridized carbons (Fsp3) is 0.333. The molecule has 1 N–H and O–H groups in total. The summed E-state index contributed by atoms with van der Waals surface area (Å²) in [5.74, 6) is 0.345. The van der Waals surface area contributed by atoms with Gasteiger partial charge in [-0.15, -0.1) is 11.3 Å². The van der Waals surface area contributed by atoms with E-state index in [-0.39, 0.29) is 11.9 Å². The topological polar surface area (TPSA) is 37.8 Å². The summed E-state index contributed by atoms with van der Waals surface area (Å²) < 4.78 is 12.7. The van der Waals surface area contributed by atoms with Crippen molar-refractivity contribution in [1.29, 1.82) is 0 Å². The first-order valence-electron chi connectivity index (χ1n) is 5.38. The Kier molecular flexibility index (Phi) is 3.38. The van der Waals surface area contributed by atoms with Crippen molar-refractivity contribution in [2.45, 2.75) is 26.8 Å². The number of hydrogen-bond acceptors (Lipinski definition) is 4. The van der Waals surface area contributed by atoms with Gasteiger partial charge < -0.3 is 5.32 Å². The third-order valence-electron chi connectivity index (χ3n) is 2.42. The van der Waals surface area contributed by atoms with Gasteiger partial charge in [0, 0.05) is 4.88 Å². The smallest absolute Gasteiger partial charge is 0.141 e. The summed E-state index contributed by atoms with van der Waals surface area (Å²) in [6, 6.07) is 3.15. The Balaban J connectivity index is 2.14. The van der Waals surface area contributed by atoms with E-state index in [4.69, 9.17) is 0 Å². The van der Waals surface area contributed by atoms with Crippen molar-refractivity contribution < 1.29 is 4.39 Å². The van der Waals surface area contributed by atoms with Crippen molar-refractivity contribution in [3.8, 4) is 0 Å². The lowest BCUT2D eigenvalue weighted by Gasteiger charge is -2.13. The first-order chi connectivity index (χ1) is 8.06. The first kappa shape index (κ1) is 12.0. The summed E-state index contributed by atoms with van der Waals surface area (Å²) >= 11 is 1.67. The number of rotatable bonds is 3. The van der Waals surface area contributed by atoms with Crippen LogP contribution in [0.15, 0.2) is 18.3 Å². The SMILES string of the molecule is Cc1nc(C)c(C(C)Nc2ccc(F)cn2)s1. The van der Waals surface area contributed by atoms with Crippen LogP contribution >= 0.6 is 11.3 Å². The minimum atomic E-state index is -0.326. The molecular formula is C12H14FN3S. The van der Waals surface area contributed by atoms with Crippen LogP contribution in [-0.2, 0) is 0 Å². The van der Waals surface area contributed by atoms with E-state index in [2.05, 4.69) is 15.3 Å². The molecule has 2 rings (SSSR count). The molecule has 0 fully saturated rings. The summed E-state index contributed by atoms with van der Waals surface area (Å²) in [6.45, 7) is 6.03. The number of aryl methyl sites for hydroxylation is 2. The lowest BCUT2D eigenvalue weighted by Crippen LogP contribution is -2.07. The number of nitrogens with one attached hydrogen (secondary N) is 1. The zero-order chi connectivity index (χ0) is 12.4. The minimum absolute atomic E-state index is 0.124. The Morgan fingerprint density at radius 1 is 1.35 bits per heavy atom. The molecule has 0 saturated carbocycles. The molecule has 0 aliphatic rings. The number of anilines is 1. The molecule has 0 radical (unpaired) electrons. The van der Waals surface area contributed by atoms with E-state index in [1.807, 2.05) is 20.8 Å². The van der Waals surface area contributed by atoms with Crippen molar-refractivity contribution in [1.82, 2.24) is 9.97 Å². The highest BCUT2D eigenvalue weighted by Crippen LogP contribution is 2.26. The van der Waals surface area contributed by atoms with Crippen LogP contribution in [0.3, 0.4) is 0 Å². The van der Waals surface area contributed by atoms with Crippen LogP contribution in [0.4, 0.5) is 10.2 Å². The maximum atomic E-state index is 12.7. The monoisotopic (exact) mass is 251 g/mol. The number of thiazole rings is 1. The number of aromatic nitrogens is 2. The Morgan fingerprint density at radius 2 is 2.12 bits per heavy atom. The fourth-order valence-corrected chi connectivity index (χ4v) is 2.63. The quantitative estimate of drug-likeness (QED) is 0.907. The highest BCUT2D eigenvalue weighted by Gasteiger charge is 2.13. The molecule has 3 nitrogen and oxygen atoms in total. The molecule has 0 bridgehead atoms. The van der Waals surface area contributed by atoms with Gasteiger partial charge in [-0.3, -0.25) is 0 Å². The zero-order valence-corrected chi connectivity index (χ0v) is 10.8. The molecule has 1 unspecified atom stereocenters. The number of hydrogen-bond donors (Lipinski definition) is 1. The molecule has 0 amide bonds. The van der Waals surface area contributed by atoms with Gasteiger partial charge in [-0.1, -0.05) is 0 Å². The predicted molar refractivity (Wildman–Crippen MR) is 67.8 cm³/mol. The van der Waals surface area contributed by atoms with Crippen molar-refractivity contribution in [2.24, 2.45) is 0 Å². The molecule has 5 heteroatoms. The highest BCUT2D eigenvalue weighted by atomic mass is 32.1. The van der Waals surface area contributed by atoms with E-state index >= 15 is 0 Å². The van der Waals surface area contributed by atoms with Crippen LogP contribution in [-0.4, -0.2) is 9.97 Å². The van der Waals surface area contributed by atoms with E-state index in [0.717, 1.165) is 10.7 Å². The van der Waals surface area contributed by atoms with Crippen LogP contribution in [0.25, 0.3) is 0 Å². The largest absolute Gasteiger partial charge is 0.363 e. The summed E-state index contributed by atoms with van der Waals surface area (Å²) in [7, 11) is 0. The average molecular weight is 251 g/mol. The van der Waals surface area contributed by atoms with Gasteiger partial charge >= 0.3 is 0 Å². The first-order valence-corrected chi connectivity index (χ1v) is 6.20. The van der Waals surface area contributed by atoms with Gasteiger partial charge in [0.25, 0.3) is 0 Å². The number of pyridine rings is 1. The zero-order valence-electron chi connectivity index (χ0n) is 9.99. The van der Waals surface area contributed by atoms with E-state index in [1.165, 1.54) is 17.1 Å². The van der Waals surface area contributed by atoms with Gasteiger partial charge in [-0.2, -0.15) is 0 Å². The Hall–Kier alpha value is -1.49. The molecule has 17 heavy (non-hydrogen) atoms. The molecule has 2 aromatic heterocycles. The molecule has 0 aromatic carbocycles. The lowest BCUT2D eigenvalue weighted by atomic mass is 10.2. The molecule has 1 atom stereocenters. The predicted octanol–water partition coefficient (Wildman–Crippen LogP) is 3.47. The second-order valence-corrected chi connectivity index (χ2v) is 5.15. The third-order valence-corrected chi connectivity index (χ3v) is 3.68. The van der Waals surface area contributed by atoms with Crippen LogP contribution in [0.5, 0.6) is 0 Å². The van der Waals surface area contributed by atoms with E-state index in [9.17, 15) is 4.39 Å². The molecule has 0 aliphatic heterocycles. The van der Waals surface area contributed by atoms with Crippen molar-refractivity contribution >= 4 is 17.2 Å². The average Bonchev–Trinajstić information content (AvgIpc) is 2.61. The molecule has 0 spiro atoms. The van der Waals surface area contributed by atoms with E-state index < -0.39 is 0 Å². The van der Waals surface area contributed by atoms with Gasteiger partial charge in [0.05, 0.1) is 22.9 Å². The Labute approximate surface area is 104 Å². The third kappa shape index (κ3) is 2.79. The second-order valence-electron chi connectivity index (χ2n) is 3.91. The van der Waals surface area contributed by atoms with Gasteiger partial charge in [0.2, 0.25) is 0 Å². The van der Waals surface area contributed by atoms with Gasteiger partial charge in [-0.25, -0.2) is 14.4 Å². The van der Waals surface area contributed by atoms with Crippen molar-refractivity contribution in [3.05, 3.63) is 39.7 Å².